The molecule has 0 heterocycles. The van der Waals surface area contributed by atoms with Crippen molar-refractivity contribution in [2.75, 3.05) is 19.0 Å². The highest BCUT2D eigenvalue weighted by molar-refractivity contribution is 6.01. The number of ether oxygens (including phenoxy) is 1. The quantitative estimate of drug-likeness (QED) is 0.597. The van der Waals surface area contributed by atoms with E-state index in [4.69, 9.17) is 0 Å². The SMILES string of the molecule is CCOC(=O)CC(=O)Nc1ccc(CC(=O)NC)cc1. The first-order chi connectivity index (χ1) is 9.55. The molecule has 2 amide bonds. The number of anilines is 1. The van der Waals surface area contributed by atoms with Gasteiger partial charge in [-0.3, -0.25) is 14.4 Å². The van der Waals surface area contributed by atoms with E-state index < -0.39 is 11.9 Å². The minimum atomic E-state index is -0.554. The van der Waals surface area contributed by atoms with Crippen molar-refractivity contribution in [3.05, 3.63) is 29.8 Å². The molecule has 2 N–H and O–H groups in total. The van der Waals surface area contributed by atoms with E-state index in [-0.39, 0.29) is 25.4 Å². The zero-order valence-corrected chi connectivity index (χ0v) is 11.6. The van der Waals surface area contributed by atoms with Gasteiger partial charge in [-0.15, -0.1) is 0 Å². The highest BCUT2D eigenvalue weighted by Gasteiger charge is 2.10. The maximum absolute atomic E-state index is 11.5. The third kappa shape index (κ3) is 5.51. The molecular weight excluding hydrogens is 260 g/mol. The number of hydrogen-bond acceptors (Lipinski definition) is 4. The Bertz CT molecular complexity index is 482. The molecule has 0 atom stereocenters. The number of rotatable bonds is 6. The average molecular weight is 278 g/mol. The van der Waals surface area contributed by atoms with E-state index in [0.717, 1.165) is 5.56 Å². The molecule has 0 radical (unpaired) electrons. The molecule has 1 aromatic rings. The van der Waals surface area contributed by atoms with Crippen molar-refractivity contribution in [1.29, 1.82) is 0 Å². The molecule has 0 saturated carbocycles. The summed E-state index contributed by atoms with van der Waals surface area (Å²) < 4.78 is 4.68. The lowest BCUT2D eigenvalue weighted by atomic mass is 10.1. The standard InChI is InChI=1S/C14H18N2O4/c1-3-20-14(19)9-13(18)16-11-6-4-10(5-7-11)8-12(17)15-2/h4-7H,3,8-9H2,1-2H3,(H,15,17)(H,16,18). The molecule has 0 aromatic heterocycles. The Kier molecular flexibility index (Phi) is 6.22. The van der Waals surface area contributed by atoms with Crippen LogP contribution < -0.4 is 10.6 Å². The van der Waals surface area contributed by atoms with E-state index in [9.17, 15) is 14.4 Å². The van der Waals surface area contributed by atoms with E-state index >= 15 is 0 Å². The van der Waals surface area contributed by atoms with Gasteiger partial charge in [0.25, 0.3) is 0 Å². The first-order valence-electron chi connectivity index (χ1n) is 6.30. The van der Waals surface area contributed by atoms with Crippen molar-refractivity contribution >= 4 is 23.5 Å². The van der Waals surface area contributed by atoms with Gasteiger partial charge in [0.05, 0.1) is 13.0 Å². The lowest BCUT2D eigenvalue weighted by Crippen LogP contribution is -2.20. The number of nitrogens with one attached hydrogen (secondary N) is 2. The number of benzene rings is 1. The summed E-state index contributed by atoms with van der Waals surface area (Å²) in [5, 5.41) is 5.12. The largest absolute Gasteiger partial charge is 0.466 e. The first-order valence-corrected chi connectivity index (χ1v) is 6.30. The van der Waals surface area contributed by atoms with Gasteiger partial charge in [0.2, 0.25) is 11.8 Å². The van der Waals surface area contributed by atoms with Gasteiger partial charge in [-0.2, -0.15) is 0 Å². The van der Waals surface area contributed by atoms with Crippen LogP contribution in [-0.4, -0.2) is 31.4 Å². The van der Waals surface area contributed by atoms with Gasteiger partial charge in [-0.1, -0.05) is 12.1 Å². The average Bonchev–Trinajstić information content (AvgIpc) is 2.41. The predicted molar refractivity (Wildman–Crippen MR) is 74.1 cm³/mol. The van der Waals surface area contributed by atoms with Crippen molar-refractivity contribution in [2.45, 2.75) is 19.8 Å². The van der Waals surface area contributed by atoms with Crippen LogP contribution in [0, 0.1) is 0 Å². The molecule has 0 saturated heterocycles. The Labute approximate surface area is 117 Å². The molecule has 0 unspecified atom stereocenters. The molecule has 0 spiro atoms. The monoisotopic (exact) mass is 278 g/mol. The van der Waals surface area contributed by atoms with Crippen LogP contribution >= 0.6 is 0 Å². The summed E-state index contributed by atoms with van der Waals surface area (Å²) in [6.07, 6.45) is -0.0264. The second-order valence-electron chi connectivity index (χ2n) is 4.08. The van der Waals surface area contributed by atoms with Crippen LogP contribution in [0.3, 0.4) is 0 Å². The Morgan fingerprint density at radius 2 is 1.75 bits per heavy atom. The maximum Gasteiger partial charge on any atom is 0.315 e. The van der Waals surface area contributed by atoms with Gasteiger partial charge in [0.15, 0.2) is 0 Å². The van der Waals surface area contributed by atoms with Gasteiger partial charge in [-0.25, -0.2) is 0 Å². The molecule has 0 aliphatic carbocycles. The molecule has 1 rings (SSSR count). The topological polar surface area (TPSA) is 84.5 Å². The van der Waals surface area contributed by atoms with Crippen molar-refractivity contribution in [3.63, 3.8) is 0 Å². The smallest absolute Gasteiger partial charge is 0.315 e. The first kappa shape index (κ1) is 15.7. The third-order valence-electron chi connectivity index (χ3n) is 2.49. The van der Waals surface area contributed by atoms with Crippen molar-refractivity contribution < 1.29 is 19.1 Å². The van der Waals surface area contributed by atoms with E-state index in [0.29, 0.717) is 5.69 Å². The summed E-state index contributed by atoms with van der Waals surface area (Å²) in [6.45, 7) is 1.93. The van der Waals surface area contributed by atoms with Crippen molar-refractivity contribution in [3.8, 4) is 0 Å². The Balaban J connectivity index is 2.50. The van der Waals surface area contributed by atoms with Gasteiger partial charge in [0.1, 0.15) is 6.42 Å². The van der Waals surface area contributed by atoms with Crippen LogP contribution in [0.4, 0.5) is 5.69 Å². The molecule has 0 fully saturated rings. The van der Waals surface area contributed by atoms with E-state index in [2.05, 4.69) is 15.4 Å². The maximum atomic E-state index is 11.5. The molecule has 20 heavy (non-hydrogen) atoms. The number of esters is 1. The fourth-order valence-corrected chi connectivity index (χ4v) is 1.53. The Morgan fingerprint density at radius 3 is 2.30 bits per heavy atom. The minimum Gasteiger partial charge on any atom is -0.466 e. The normalized spacial score (nSPS) is 9.70. The minimum absolute atomic E-state index is 0.0795. The second-order valence-corrected chi connectivity index (χ2v) is 4.08. The van der Waals surface area contributed by atoms with E-state index in [1.54, 1.807) is 38.2 Å². The van der Waals surface area contributed by atoms with Crippen LogP contribution in [0.5, 0.6) is 0 Å². The second kappa shape index (κ2) is 7.93. The number of hydrogen-bond donors (Lipinski definition) is 2. The summed E-state index contributed by atoms with van der Waals surface area (Å²) in [5.74, 6) is -1.06. The number of carbonyl (C=O) groups excluding carboxylic acids is 3. The van der Waals surface area contributed by atoms with Crippen LogP contribution in [0.15, 0.2) is 24.3 Å². The van der Waals surface area contributed by atoms with E-state index in [1.807, 2.05) is 0 Å². The predicted octanol–water partition coefficient (Wildman–Crippen LogP) is 0.867. The van der Waals surface area contributed by atoms with Crippen LogP contribution in [-0.2, 0) is 25.5 Å². The van der Waals surface area contributed by atoms with Gasteiger partial charge in [-0.05, 0) is 24.6 Å². The number of likely N-dealkylation sites (N-methyl/N-ethyl adjacent to an activating group) is 1. The van der Waals surface area contributed by atoms with Crippen LogP contribution in [0.1, 0.15) is 18.9 Å². The third-order valence-corrected chi connectivity index (χ3v) is 2.49. The Morgan fingerprint density at radius 1 is 1.10 bits per heavy atom. The van der Waals surface area contributed by atoms with Gasteiger partial charge < -0.3 is 15.4 Å². The molecule has 6 heteroatoms. The van der Waals surface area contributed by atoms with Gasteiger partial charge in [0, 0.05) is 12.7 Å². The highest BCUT2D eigenvalue weighted by atomic mass is 16.5. The number of carbonyl (C=O) groups is 3. The summed E-state index contributed by atoms with van der Waals surface area (Å²) in [4.78, 5) is 33.8. The van der Waals surface area contributed by atoms with E-state index in [1.165, 1.54) is 0 Å². The van der Waals surface area contributed by atoms with Crippen LogP contribution in [0.2, 0.25) is 0 Å². The molecular formula is C14H18N2O4. The molecule has 0 aliphatic rings. The van der Waals surface area contributed by atoms with Crippen LogP contribution in [0.25, 0.3) is 0 Å². The van der Waals surface area contributed by atoms with Crippen molar-refractivity contribution in [2.24, 2.45) is 0 Å². The lowest BCUT2D eigenvalue weighted by molar-refractivity contribution is -0.145. The zero-order chi connectivity index (χ0) is 15.0. The molecule has 1 aromatic carbocycles. The number of amides is 2. The van der Waals surface area contributed by atoms with Crippen molar-refractivity contribution in [1.82, 2.24) is 5.32 Å². The molecule has 6 nitrogen and oxygen atoms in total. The Hall–Kier alpha value is -2.37. The molecule has 0 bridgehead atoms. The fraction of sp³-hybridized carbons (Fsp3) is 0.357. The lowest BCUT2D eigenvalue weighted by Gasteiger charge is -2.06. The van der Waals surface area contributed by atoms with Gasteiger partial charge >= 0.3 is 5.97 Å². The zero-order valence-electron chi connectivity index (χ0n) is 11.6. The summed E-state index contributed by atoms with van der Waals surface area (Å²) in [5.41, 5.74) is 1.41. The molecule has 108 valence electrons. The summed E-state index contributed by atoms with van der Waals surface area (Å²) in [7, 11) is 1.58. The fourth-order valence-electron chi connectivity index (χ4n) is 1.53. The summed E-state index contributed by atoms with van der Waals surface area (Å²) >= 11 is 0. The summed E-state index contributed by atoms with van der Waals surface area (Å²) in [6, 6.07) is 6.85. The molecule has 0 aliphatic heterocycles. The highest BCUT2D eigenvalue weighted by Crippen LogP contribution is 2.10.